The van der Waals surface area contributed by atoms with Crippen LogP contribution in [-0.4, -0.2) is 31.6 Å². The third kappa shape index (κ3) is 5.73. The van der Waals surface area contributed by atoms with Crippen LogP contribution < -0.4 is 10.6 Å². The molecule has 2 amide bonds. The lowest BCUT2D eigenvalue weighted by Crippen LogP contribution is -2.27. The lowest BCUT2D eigenvalue weighted by molar-refractivity contribution is 0.0945. The van der Waals surface area contributed by atoms with Crippen molar-refractivity contribution in [1.29, 1.82) is 0 Å². The Labute approximate surface area is 162 Å². The highest BCUT2D eigenvalue weighted by atomic mass is 35.5. The molecule has 0 atom stereocenters. The molecule has 0 radical (unpaired) electrons. The molecule has 0 spiro atoms. The highest BCUT2D eigenvalue weighted by molar-refractivity contribution is 6.37. The molecule has 0 aliphatic carbocycles. The van der Waals surface area contributed by atoms with Crippen molar-refractivity contribution in [3.8, 4) is 0 Å². The van der Waals surface area contributed by atoms with Gasteiger partial charge in [0.15, 0.2) is 0 Å². The standard InChI is InChI=1S/C19H20Cl2N2O3/c1-2-26-11-5-10-22-18(24)15-6-3-4-7-17(15)23-19(25)14-9-8-13(20)12-16(14)21/h3-4,6-9,12H,2,5,10-11H2,1H3,(H,22,24)(H,23,25). The summed E-state index contributed by atoms with van der Waals surface area (Å²) in [6, 6.07) is 11.4. The third-order valence-electron chi connectivity index (χ3n) is 3.55. The summed E-state index contributed by atoms with van der Waals surface area (Å²) in [6.45, 7) is 3.65. The molecule has 0 saturated carbocycles. The Morgan fingerprint density at radius 3 is 2.54 bits per heavy atom. The van der Waals surface area contributed by atoms with Crippen LogP contribution in [0.25, 0.3) is 0 Å². The van der Waals surface area contributed by atoms with Crippen molar-refractivity contribution in [1.82, 2.24) is 5.32 Å². The summed E-state index contributed by atoms with van der Waals surface area (Å²) in [4.78, 5) is 24.8. The van der Waals surface area contributed by atoms with Gasteiger partial charge in [-0.15, -0.1) is 0 Å². The van der Waals surface area contributed by atoms with E-state index in [-0.39, 0.29) is 16.5 Å². The average Bonchev–Trinajstić information content (AvgIpc) is 2.61. The lowest BCUT2D eigenvalue weighted by Gasteiger charge is -2.12. The van der Waals surface area contributed by atoms with E-state index in [2.05, 4.69) is 10.6 Å². The van der Waals surface area contributed by atoms with Crippen LogP contribution in [-0.2, 0) is 4.74 Å². The number of nitrogens with one attached hydrogen (secondary N) is 2. The third-order valence-corrected chi connectivity index (χ3v) is 4.10. The molecular formula is C19H20Cl2N2O3. The summed E-state index contributed by atoms with van der Waals surface area (Å²) in [5.41, 5.74) is 1.07. The van der Waals surface area contributed by atoms with Crippen LogP contribution in [0.4, 0.5) is 5.69 Å². The fraction of sp³-hybridized carbons (Fsp3) is 0.263. The Balaban J connectivity index is 2.06. The largest absolute Gasteiger partial charge is 0.382 e. The van der Waals surface area contributed by atoms with Crippen LogP contribution in [0.2, 0.25) is 10.0 Å². The number of amides is 2. The summed E-state index contributed by atoms with van der Waals surface area (Å²) in [5.74, 6) is -0.678. The second-order valence-corrected chi connectivity index (χ2v) is 6.27. The Kier molecular flexibility index (Phi) is 7.91. The van der Waals surface area contributed by atoms with E-state index in [4.69, 9.17) is 27.9 Å². The molecule has 0 aliphatic rings. The van der Waals surface area contributed by atoms with Crippen molar-refractivity contribution in [3.63, 3.8) is 0 Å². The van der Waals surface area contributed by atoms with E-state index in [1.807, 2.05) is 6.92 Å². The first kappa shape index (κ1) is 20.2. The molecule has 7 heteroatoms. The summed E-state index contributed by atoms with van der Waals surface area (Å²) >= 11 is 11.9. The van der Waals surface area contributed by atoms with Crippen LogP contribution in [0.15, 0.2) is 42.5 Å². The predicted octanol–water partition coefficient (Wildman–Crippen LogP) is 4.40. The van der Waals surface area contributed by atoms with E-state index in [1.54, 1.807) is 30.3 Å². The van der Waals surface area contributed by atoms with Crippen molar-refractivity contribution >= 4 is 40.7 Å². The summed E-state index contributed by atoms with van der Waals surface area (Å²) < 4.78 is 5.24. The van der Waals surface area contributed by atoms with Crippen molar-refractivity contribution < 1.29 is 14.3 Å². The smallest absolute Gasteiger partial charge is 0.257 e. The zero-order valence-corrected chi connectivity index (χ0v) is 15.9. The lowest BCUT2D eigenvalue weighted by atomic mass is 10.1. The van der Waals surface area contributed by atoms with E-state index in [1.165, 1.54) is 12.1 Å². The number of hydrogen-bond acceptors (Lipinski definition) is 3. The molecule has 2 aromatic carbocycles. The van der Waals surface area contributed by atoms with Gasteiger partial charge in [-0.25, -0.2) is 0 Å². The van der Waals surface area contributed by atoms with Gasteiger partial charge in [-0.1, -0.05) is 35.3 Å². The van der Waals surface area contributed by atoms with Crippen LogP contribution in [0.3, 0.4) is 0 Å². The maximum Gasteiger partial charge on any atom is 0.257 e. The number of halogens is 2. The molecule has 5 nitrogen and oxygen atoms in total. The summed E-state index contributed by atoms with van der Waals surface area (Å²) in [7, 11) is 0. The molecule has 0 unspecified atom stereocenters. The number of carbonyl (C=O) groups is 2. The van der Waals surface area contributed by atoms with Crippen molar-refractivity contribution in [2.45, 2.75) is 13.3 Å². The second-order valence-electron chi connectivity index (χ2n) is 5.43. The molecule has 2 aromatic rings. The van der Waals surface area contributed by atoms with Gasteiger partial charge in [0.2, 0.25) is 0 Å². The Bertz CT molecular complexity index is 781. The topological polar surface area (TPSA) is 67.4 Å². The quantitative estimate of drug-likeness (QED) is 0.651. The Morgan fingerprint density at radius 2 is 1.81 bits per heavy atom. The SMILES string of the molecule is CCOCCCNC(=O)c1ccccc1NC(=O)c1ccc(Cl)cc1Cl. The van der Waals surface area contributed by atoms with E-state index in [0.29, 0.717) is 42.5 Å². The van der Waals surface area contributed by atoms with Crippen molar-refractivity contribution in [3.05, 3.63) is 63.6 Å². The van der Waals surface area contributed by atoms with Gasteiger partial charge in [0, 0.05) is 24.8 Å². The van der Waals surface area contributed by atoms with Crippen LogP contribution in [0.5, 0.6) is 0 Å². The summed E-state index contributed by atoms with van der Waals surface area (Å²) in [6.07, 6.45) is 0.717. The highest BCUT2D eigenvalue weighted by Gasteiger charge is 2.15. The second kappa shape index (κ2) is 10.2. The van der Waals surface area contributed by atoms with Gasteiger partial charge >= 0.3 is 0 Å². The molecule has 138 valence electrons. The molecule has 0 fully saturated rings. The molecular weight excluding hydrogens is 375 g/mol. The van der Waals surface area contributed by atoms with Gasteiger partial charge < -0.3 is 15.4 Å². The number of anilines is 1. The van der Waals surface area contributed by atoms with Gasteiger partial charge in [-0.3, -0.25) is 9.59 Å². The molecule has 0 heterocycles. The summed E-state index contributed by atoms with van der Waals surface area (Å²) in [5, 5.41) is 6.23. The van der Waals surface area contributed by atoms with Gasteiger partial charge in [0.1, 0.15) is 0 Å². The van der Waals surface area contributed by atoms with Crippen LogP contribution in [0.1, 0.15) is 34.1 Å². The van der Waals surface area contributed by atoms with Crippen molar-refractivity contribution in [2.75, 3.05) is 25.1 Å². The van der Waals surface area contributed by atoms with Gasteiger partial charge in [0.25, 0.3) is 11.8 Å². The maximum atomic E-state index is 12.5. The predicted molar refractivity (Wildman–Crippen MR) is 104 cm³/mol. The highest BCUT2D eigenvalue weighted by Crippen LogP contribution is 2.23. The molecule has 0 aliphatic heterocycles. The fourth-order valence-electron chi connectivity index (χ4n) is 2.27. The van der Waals surface area contributed by atoms with E-state index in [0.717, 1.165) is 0 Å². The van der Waals surface area contributed by atoms with Crippen LogP contribution >= 0.6 is 23.2 Å². The molecule has 0 bridgehead atoms. The number of ether oxygens (including phenoxy) is 1. The minimum Gasteiger partial charge on any atom is -0.382 e. The van der Waals surface area contributed by atoms with E-state index < -0.39 is 5.91 Å². The van der Waals surface area contributed by atoms with Gasteiger partial charge in [-0.05, 0) is 43.7 Å². The first-order valence-electron chi connectivity index (χ1n) is 8.24. The van der Waals surface area contributed by atoms with Gasteiger partial charge in [-0.2, -0.15) is 0 Å². The van der Waals surface area contributed by atoms with Crippen molar-refractivity contribution in [2.24, 2.45) is 0 Å². The Hall–Kier alpha value is -2.08. The molecule has 2 N–H and O–H groups in total. The minimum atomic E-state index is -0.414. The van der Waals surface area contributed by atoms with Crippen LogP contribution in [0, 0.1) is 0 Å². The maximum absolute atomic E-state index is 12.5. The van der Waals surface area contributed by atoms with E-state index >= 15 is 0 Å². The first-order chi connectivity index (χ1) is 12.5. The number of benzene rings is 2. The zero-order valence-electron chi connectivity index (χ0n) is 14.4. The monoisotopic (exact) mass is 394 g/mol. The van der Waals surface area contributed by atoms with E-state index in [9.17, 15) is 9.59 Å². The fourth-order valence-corrected chi connectivity index (χ4v) is 2.76. The zero-order chi connectivity index (χ0) is 18.9. The Morgan fingerprint density at radius 1 is 1.04 bits per heavy atom. The normalized spacial score (nSPS) is 10.4. The number of carbonyl (C=O) groups excluding carboxylic acids is 2. The molecule has 0 saturated heterocycles. The molecule has 2 rings (SSSR count). The number of rotatable bonds is 8. The molecule has 0 aromatic heterocycles. The minimum absolute atomic E-state index is 0.243. The first-order valence-corrected chi connectivity index (χ1v) is 9.00. The number of para-hydroxylation sites is 1. The van der Waals surface area contributed by atoms with Gasteiger partial charge in [0.05, 0.1) is 21.8 Å². The average molecular weight is 395 g/mol. The molecule has 26 heavy (non-hydrogen) atoms. The number of hydrogen-bond donors (Lipinski definition) is 2.